The van der Waals surface area contributed by atoms with Gasteiger partial charge in [0.05, 0.1) is 7.11 Å². The van der Waals surface area contributed by atoms with Crippen molar-refractivity contribution in [1.29, 1.82) is 0 Å². The number of hydrogen-bond donors (Lipinski definition) is 2. The van der Waals surface area contributed by atoms with Crippen LogP contribution in [0.15, 0.2) is 48.5 Å². The third-order valence-corrected chi connectivity index (χ3v) is 4.66. The predicted octanol–water partition coefficient (Wildman–Crippen LogP) is 2.88. The number of nitrogens with two attached hydrogens (primary N) is 1. The Morgan fingerprint density at radius 2 is 1.92 bits per heavy atom. The highest BCUT2D eigenvalue weighted by atomic mass is 32.2. The van der Waals surface area contributed by atoms with Crippen LogP contribution >= 0.6 is 11.8 Å². The molecular formula is C20H24N2O3S. The van der Waals surface area contributed by atoms with E-state index in [4.69, 9.17) is 10.5 Å². The molecule has 26 heavy (non-hydrogen) atoms. The molecule has 2 aromatic carbocycles. The average Bonchev–Trinajstić information content (AvgIpc) is 2.65. The molecule has 6 heteroatoms. The Labute approximate surface area is 158 Å². The summed E-state index contributed by atoms with van der Waals surface area (Å²) in [4.78, 5) is 24.7. The molecule has 0 bridgehead atoms. The van der Waals surface area contributed by atoms with Gasteiger partial charge >= 0.3 is 5.97 Å². The number of nitrogen functional groups attached to an aromatic ring is 1. The fourth-order valence-electron chi connectivity index (χ4n) is 2.66. The lowest BCUT2D eigenvalue weighted by molar-refractivity contribution is -0.142. The van der Waals surface area contributed by atoms with Gasteiger partial charge in [-0.15, -0.1) is 0 Å². The first-order valence-electron chi connectivity index (χ1n) is 8.35. The average molecular weight is 372 g/mol. The van der Waals surface area contributed by atoms with Crippen molar-refractivity contribution in [2.24, 2.45) is 0 Å². The summed E-state index contributed by atoms with van der Waals surface area (Å²) in [6.07, 6.45) is 3.05. The van der Waals surface area contributed by atoms with Crippen LogP contribution in [0.3, 0.4) is 0 Å². The summed E-state index contributed by atoms with van der Waals surface area (Å²) in [6, 6.07) is 14.4. The number of methoxy groups -OCH3 is 1. The summed E-state index contributed by atoms with van der Waals surface area (Å²) >= 11 is 1.61. The van der Waals surface area contributed by atoms with Gasteiger partial charge in [-0.25, -0.2) is 4.79 Å². The Hall–Kier alpha value is -2.47. The highest BCUT2D eigenvalue weighted by molar-refractivity contribution is 7.98. The Bertz CT molecular complexity index is 750. The number of esters is 1. The predicted molar refractivity (Wildman–Crippen MR) is 106 cm³/mol. The minimum Gasteiger partial charge on any atom is -0.467 e. The van der Waals surface area contributed by atoms with Crippen molar-refractivity contribution < 1.29 is 14.3 Å². The smallest absolute Gasteiger partial charge is 0.328 e. The molecule has 1 amide bonds. The van der Waals surface area contributed by atoms with Gasteiger partial charge in [0.25, 0.3) is 5.91 Å². The third kappa shape index (κ3) is 5.52. The molecule has 0 fully saturated rings. The molecule has 0 spiro atoms. The Morgan fingerprint density at radius 1 is 1.19 bits per heavy atom. The number of carbonyl (C=O) groups excluding carboxylic acids is 2. The van der Waals surface area contributed by atoms with Gasteiger partial charge in [0, 0.05) is 11.3 Å². The zero-order valence-electron chi connectivity index (χ0n) is 15.0. The van der Waals surface area contributed by atoms with Gasteiger partial charge in [0.15, 0.2) is 0 Å². The lowest BCUT2D eigenvalue weighted by Crippen LogP contribution is -2.42. The molecule has 0 heterocycles. The summed E-state index contributed by atoms with van der Waals surface area (Å²) in [5.74, 6) is 0.0125. The Balaban J connectivity index is 2.23. The number of benzene rings is 2. The van der Waals surface area contributed by atoms with Crippen LogP contribution in [0.5, 0.6) is 0 Å². The summed E-state index contributed by atoms with van der Waals surface area (Å²) in [5.41, 5.74) is 8.92. The quantitative estimate of drug-likeness (QED) is 0.550. The molecule has 2 aromatic rings. The van der Waals surface area contributed by atoms with Crippen LogP contribution in [0.1, 0.15) is 27.9 Å². The first-order chi connectivity index (χ1) is 12.5. The maximum atomic E-state index is 12.8. The van der Waals surface area contributed by atoms with Crippen LogP contribution in [0.2, 0.25) is 0 Å². The maximum Gasteiger partial charge on any atom is 0.328 e. The molecule has 5 nitrogen and oxygen atoms in total. The monoisotopic (exact) mass is 372 g/mol. The minimum absolute atomic E-state index is 0.299. The van der Waals surface area contributed by atoms with Gasteiger partial charge in [-0.2, -0.15) is 11.8 Å². The zero-order chi connectivity index (χ0) is 18.9. The minimum atomic E-state index is -0.665. The molecule has 3 N–H and O–H groups in total. The molecule has 0 saturated heterocycles. The van der Waals surface area contributed by atoms with Crippen molar-refractivity contribution in [2.75, 3.05) is 24.9 Å². The molecule has 2 rings (SSSR count). The van der Waals surface area contributed by atoms with Crippen LogP contribution < -0.4 is 11.1 Å². The van der Waals surface area contributed by atoms with Crippen LogP contribution in [0.25, 0.3) is 0 Å². The molecule has 138 valence electrons. The van der Waals surface area contributed by atoms with Gasteiger partial charge in [-0.05, 0) is 54.2 Å². The topological polar surface area (TPSA) is 81.4 Å². The number of carbonyl (C=O) groups is 2. The zero-order valence-corrected chi connectivity index (χ0v) is 15.8. The van der Waals surface area contributed by atoms with Crippen molar-refractivity contribution in [3.05, 3.63) is 65.2 Å². The number of rotatable bonds is 8. The van der Waals surface area contributed by atoms with Crippen molar-refractivity contribution >= 4 is 29.3 Å². The SMILES string of the molecule is COC(=O)[C@H](CCSC)NC(=O)c1ccc(N)cc1Cc1ccccc1. The number of nitrogens with one attached hydrogen (secondary N) is 1. The van der Waals surface area contributed by atoms with E-state index < -0.39 is 12.0 Å². The first-order valence-corrected chi connectivity index (χ1v) is 9.74. The standard InChI is InChI=1S/C20H24N2O3S/c1-25-20(24)18(10-11-26-2)22-19(23)17-9-8-16(21)13-15(17)12-14-6-4-3-5-7-14/h3-9,13,18H,10-12,21H2,1-2H3,(H,22,23)/t18-/m0/s1. The molecule has 0 aliphatic rings. The van der Waals surface area contributed by atoms with Crippen LogP contribution in [0, 0.1) is 0 Å². The molecule has 0 aliphatic heterocycles. The largest absolute Gasteiger partial charge is 0.467 e. The van der Waals surface area contributed by atoms with E-state index in [-0.39, 0.29) is 5.91 Å². The summed E-state index contributed by atoms with van der Waals surface area (Å²) in [6.45, 7) is 0. The second kappa shape index (κ2) is 9.87. The van der Waals surface area contributed by atoms with Crippen molar-refractivity contribution in [2.45, 2.75) is 18.9 Å². The van der Waals surface area contributed by atoms with Gasteiger partial charge < -0.3 is 15.8 Å². The van der Waals surface area contributed by atoms with E-state index in [9.17, 15) is 9.59 Å². The van der Waals surface area contributed by atoms with Gasteiger partial charge in [0.2, 0.25) is 0 Å². The van der Waals surface area contributed by atoms with Gasteiger partial charge in [0.1, 0.15) is 6.04 Å². The van der Waals surface area contributed by atoms with E-state index in [2.05, 4.69) is 5.32 Å². The molecule has 1 atom stereocenters. The highest BCUT2D eigenvalue weighted by Crippen LogP contribution is 2.18. The lowest BCUT2D eigenvalue weighted by atomic mass is 9.98. The summed E-state index contributed by atoms with van der Waals surface area (Å²) in [5, 5.41) is 2.80. The van der Waals surface area contributed by atoms with E-state index in [1.54, 1.807) is 30.0 Å². The van der Waals surface area contributed by atoms with Crippen molar-refractivity contribution in [3.63, 3.8) is 0 Å². The number of anilines is 1. The van der Waals surface area contributed by atoms with E-state index in [0.29, 0.717) is 24.1 Å². The fourth-order valence-corrected chi connectivity index (χ4v) is 3.13. The molecule has 0 unspecified atom stereocenters. The summed E-state index contributed by atoms with van der Waals surface area (Å²) in [7, 11) is 1.32. The van der Waals surface area contributed by atoms with E-state index in [1.165, 1.54) is 7.11 Å². The number of thioether (sulfide) groups is 1. The van der Waals surface area contributed by atoms with Gasteiger partial charge in [-0.1, -0.05) is 30.3 Å². The number of ether oxygens (including phenoxy) is 1. The first kappa shape index (κ1) is 19.8. The summed E-state index contributed by atoms with van der Waals surface area (Å²) < 4.78 is 4.81. The highest BCUT2D eigenvalue weighted by Gasteiger charge is 2.23. The van der Waals surface area contributed by atoms with E-state index in [0.717, 1.165) is 16.9 Å². The van der Waals surface area contributed by atoms with E-state index in [1.807, 2.05) is 36.6 Å². The second-order valence-electron chi connectivity index (χ2n) is 5.91. The fraction of sp³-hybridized carbons (Fsp3) is 0.300. The van der Waals surface area contributed by atoms with E-state index >= 15 is 0 Å². The third-order valence-electron chi connectivity index (χ3n) is 4.01. The number of amides is 1. The van der Waals surface area contributed by atoms with Crippen LogP contribution in [0.4, 0.5) is 5.69 Å². The molecule has 0 aliphatic carbocycles. The Kier molecular flexibility index (Phi) is 7.53. The molecular weight excluding hydrogens is 348 g/mol. The molecule has 0 radical (unpaired) electrons. The second-order valence-corrected chi connectivity index (χ2v) is 6.90. The molecule has 0 saturated carbocycles. The lowest BCUT2D eigenvalue weighted by Gasteiger charge is -2.17. The molecule has 0 aromatic heterocycles. The normalized spacial score (nSPS) is 11.6. The van der Waals surface area contributed by atoms with Crippen LogP contribution in [-0.2, 0) is 16.0 Å². The van der Waals surface area contributed by atoms with Crippen molar-refractivity contribution in [3.8, 4) is 0 Å². The number of hydrogen-bond acceptors (Lipinski definition) is 5. The van der Waals surface area contributed by atoms with Gasteiger partial charge in [-0.3, -0.25) is 4.79 Å². The maximum absolute atomic E-state index is 12.8. The van der Waals surface area contributed by atoms with Crippen LogP contribution in [-0.4, -0.2) is 37.0 Å². The van der Waals surface area contributed by atoms with Crippen molar-refractivity contribution in [1.82, 2.24) is 5.32 Å². The Morgan fingerprint density at radius 3 is 2.58 bits per heavy atom.